The van der Waals surface area contributed by atoms with Crippen LogP contribution in [0.15, 0.2) is 44.9 Å². The number of benzene rings is 1. The summed E-state index contributed by atoms with van der Waals surface area (Å²) >= 11 is 1.63. The Bertz CT molecular complexity index is 1050. The molecule has 0 unspecified atom stereocenters. The molecule has 5 nitrogen and oxygen atoms in total. The Kier molecular flexibility index (Phi) is 4.81. The van der Waals surface area contributed by atoms with Crippen LogP contribution in [0, 0.1) is 6.92 Å². The molecule has 0 saturated carbocycles. The quantitative estimate of drug-likeness (QED) is 0.675. The zero-order valence-electron chi connectivity index (χ0n) is 14.9. The van der Waals surface area contributed by atoms with Gasteiger partial charge in [0.2, 0.25) is 0 Å². The second kappa shape index (κ2) is 6.88. The van der Waals surface area contributed by atoms with Gasteiger partial charge < -0.3 is 0 Å². The standard InChI is InChI=1S/C19H21N3O2S/c1-5-14-10-20-17-15(18(23)22(4)19(24)21(17)3)16(14)25-11-13-8-6-12(2)7-9-13/h6-10H,5,11H2,1-4H3. The fourth-order valence-corrected chi connectivity index (χ4v) is 4.01. The molecule has 0 spiro atoms. The Morgan fingerprint density at radius 1 is 1.08 bits per heavy atom. The minimum atomic E-state index is -0.358. The van der Waals surface area contributed by atoms with Crippen molar-refractivity contribution in [1.29, 1.82) is 0 Å². The first kappa shape index (κ1) is 17.5. The number of nitrogens with zero attached hydrogens (tertiary/aromatic N) is 3. The van der Waals surface area contributed by atoms with Gasteiger partial charge >= 0.3 is 5.69 Å². The molecule has 25 heavy (non-hydrogen) atoms. The highest BCUT2D eigenvalue weighted by molar-refractivity contribution is 7.98. The smallest absolute Gasteiger partial charge is 0.280 e. The first-order chi connectivity index (χ1) is 11.9. The number of rotatable bonds is 4. The first-order valence-electron chi connectivity index (χ1n) is 8.20. The van der Waals surface area contributed by atoms with Crippen LogP contribution in [0.1, 0.15) is 23.6 Å². The lowest BCUT2D eigenvalue weighted by molar-refractivity contribution is 0.705. The van der Waals surface area contributed by atoms with E-state index < -0.39 is 0 Å². The van der Waals surface area contributed by atoms with Crippen molar-refractivity contribution in [2.45, 2.75) is 30.9 Å². The van der Waals surface area contributed by atoms with Crippen LogP contribution in [0.3, 0.4) is 0 Å². The van der Waals surface area contributed by atoms with Gasteiger partial charge in [0.05, 0.1) is 5.39 Å². The highest BCUT2D eigenvalue weighted by Gasteiger charge is 2.17. The average molecular weight is 355 g/mol. The van der Waals surface area contributed by atoms with E-state index in [2.05, 4.69) is 36.2 Å². The third kappa shape index (κ3) is 3.14. The van der Waals surface area contributed by atoms with Crippen LogP contribution < -0.4 is 11.2 Å². The largest absolute Gasteiger partial charge is 0.332 e. The van der Waals surface area contributed by atoms with E-state index in [4.69, 9.17) is 0 Å². The fraction of sp³-hybridized carbons (Fsp3) is 0.316. The van der Waals surface area contributed by atoms with Crippen LogP contribution in [-0.4, -0.2) is 14.1 Å². The molecule has 0 fully saturated rings. The summed E-state index contributed by atoms with van der Waals surface area (Å²) in [6, 6.07) is 8.38. The monoisotopic (exact) mass is 355 g/mol. The zero-order chi connectivity index (χ0) is 18.1. The van der Waals surface area contributed by atoms with Crippen molar-refractivity contribution in [3.63, 3.8) is 0 Å². The lowest BCUT2D eigenvalue weighted by Crippen LogP contribution is -2.37. The molecule has 0 aliphatic carbocycles. The van der Waals surface area contributed by atoms with Crippen molar-refractivity contribution in [3.05, 3.63) is 68.0 Å². The van der Waals surface area contributed by atoms with Crippen LogP contribution in [0.2, 0.25) is 0 Å². The molecule has 0 saturated heterocycles. The summed E-state index contributed by atoms with van der Waals surface area (Å²) in [5, 5.41) is 0.529. The van der Waals surface area contributed by atoms with Crippen LogP contribution >= 0.6 is 11.8 Å². The molecule has 0 amide bonds. The summed E-state index contributed by atoms with van der Waals surface area (Å²) in [6.07, 6.45) is 2.56. The number of hydrogen-bond acceptors (Lipinski definition) is 4. The van der Waals surface area contributed by atoms with E-state index in [0.717, 1.165) is 27.2 Å². The van der Waals surface area contributed by atoms with E-state index in [-0.39, 0.29) is 11.2 Å². The van der Waals surface area contributed by atoms with Crippen molar-refractivity contribution in [3.8, 4) is 0 Å². The van der Waals surface area contributed by atoms with Crippen LogP contribution in [0.25, 0.3) is 11.0 Å². The van der Waals surface area contributed by atoms with Gasteiger partial charge in [0.15, 0.2) is 0 Å². The summed E-state index contributed by atoms with van der Waals surface area (Å²) in [7, 11) is 3.16. The molecule has 0 aliphatic heterocycles. The topological polar surface area (TPSA) is 56.9 Å². The van der Waals surface area contributed by atoms with Crippen molar-refractivity contribution in [2.24, 2.45) is 14.1 Å². The lowest BCUT2D eigenvalue weighted by Gasteiger charge is -2.13. The molecular weight excluding hydrogens is 334 g/mol. The van der Waals surface area contributed by atoms with Crippen LogP contribution in [0.4, 0.5) is 0 Å². The van der Waals surface area contributed by atoms with Gasteiger partial charge in [-0.25, -0.2) is 9.78 Å². The normalized spacial score (nSPS) is 11.2. The SMILES string of the molecule is CCc1cnc2c(c1SCc1ccc(C)cc1)c(=O)n(C)c(=O)n2C. The Balaban J connectivity index is 2.16. The third-order valence-corrected chi connectivity index (χ3v) is 5.61. The fourth-order valence-electron chi connectivity index (χ4n) is 2.80. The second-order valence-corrected chi connectivity index (χ2v) is 7.13. The number of aromatic nitrogens is 3. The van der Waals surface area contributed by atoms with Crippen molar-refractivity contribution >= 4 is 22.8 Å². The summed E-state index contributed by atoms with van der Waals surface area (Å²) in [4.78, 5) is 30.2. The molecule has 3 aromatic rings. The highest BCUT2D eigenvalue weighted by Crippen LogP contribution is 2.31. The first-order valence-corrected chi connectivity index (χ1v) is 9.18. The highest BCUT2D eigenvalue weighted by atomic mass is 32.2. The van der Waals surface area contributed by atoms with Gasteiger partial charge in [-0.2, -0.15) is 0 Å². The van der Waals surface area contributed by atoms with Gasteiger partial charge in [-0.3, -0.25) is 13.9 Å². The molecule has 3 rings (SSSR count). The minimum Gasteiger partial charge on any atom is -0.280 e. The molecule has 1 aromatic carbocycles. The van der Waals surface area contributed by atoms with Gasteiger partial charge in [0, 0.05) is 30.9 Å². The number of thioether (sulfide) groups is 1. The van der Waals surface area contributed by atoms with Gasteiger partial charge in [-0.05, 0) is 24.5 Å². The Morgan fingerprint density at radius 2 is 1.76 bits per heavy atom. The van der Waals surface area contributed by atoms with E-state index in [1.54, 1.807) is 25.0 Å². The molecule has 6 heteroatoms. The molecule has 0 atom stereocenters. The molecule has 130 valence electrons. The molecule has 2 aromatic heterocycles. The van der Waals surface area contributed by atoms with Gasteiger partial charge in [-0.15, -0.1) is 11.8 Å². The number of pyridine rings is 1. The maximum absolute atomic E-state index is 12.7. The van der Waals surface area contributed by atoms with Gasteiger partial charge in [-0.1, -0.05) is 36.8 Å². The molecule has 2 heterocycles. The Morgan fingerprint density at radius 3 is 2.40 bits per heavy atom. The molecule has 0 aliphatic rings. The van der Waals surface area contributed by atoms with E-state index in [9.17, 15) is 9.59 Å². The van der Waals surface area contributed by atoms with Crippen molar-refractivity contribution in [2.75, 3.05) is 0 Å². The molecule has 0 N–H and O–H groups in total. The maximum atomic E-state index is 12.7. The van der Waals surface area contributed by atoms with Crippen LogP contribution in [-0.2, 0) is 26.3 Å². The summed E-state index contributed by atoms with van der Waals surface area (Å²) < 4.78 is 2.59. The van der Waals surface area contributed by atoms with E-state index in [1.807, 2.05) is 6.92 Å². The lowest BCUT2D eigenvalue weighted by atomic mass is 10.2. The number of aryl methyl sites for hydroxylation is 3. The summed E-state index contributed by atoms with van der Waals surface area (Å²) in [5.74, 6) is 0.762. The van der Waals surface area contributed by atoms with E-state index >= 15 is 0 Å². The third-order valence-electron chi connectivity index (χ3n) is 4.38. The van der Waals surface area contributed by atoms with Crippen LogP contribution in [0.5, 0.6) is 0 Å². The Labute approximate surface area is 150 Å². The van der Waals surface area contributed by atoms with E-state index in [0.29, 0.717) is 11.0 Å². The molecule has 0 radical (unpaired) electrons. The predicted octanol–water partition coefficient (Wildman–Crippen LogP) is 2.80. The predicted molar refractivity (Wildman–Crippen MR) is 102 cm³/mol. The number of fused-ring (bicyclic) bond motifs is 1. The van der Waals surface area contributed by atoms with E-state index in [1.165, 1.54) is 22.7 Å². The number of hydrogen-bond donors (Lipinski definition) is 0. The van der Waals surface area contributed by atoms with Crippen molar-refractivity contribution in [1.82, 2.24) is 14.1 Å². The molecule has 0 bridgehead atoms. The average Bonchev–Trinajstić information content (AvgIpc) is 2.63. The molecular formula is C19H21N3O2S. The maximum Gasteiger partial charge on any atom is 0.332 e. The van der Waals surface area contributed by atoms with Crippen molar-refractivity contribution < 1.29 is 0 Å². The summed E-state index contributed by atoms with van der Waals surface area (Å²) in [5.41, 5.74) is 3.25. The second-order valence-electron chi connectivity index (χ2n) is 6.14. The summed E-state index contributed by atoms with van der Waals surface area (Å²) in [6.45, 7) is 4.11. The Hall–Kier alpha value is -2.34. The zero-order valence-corrected chi connectivity index (χ0v) is 15.7. The van der Waals surface area contributed by atoms with Gasteiger partial charge in [0.1, 0.15) is 5.65 Å². The van der Waals surface area contributed by atoms with Gasteiger partial charge in [0.25, 0.3) is 5.56 Å². The minimum absolute atomic E-state index is 0.285.